The zero-order valence-corrected chi connectivity index (χ0v) is 15.9. The van der Waals surface area contributed by atoms with Gasteiger partial charge in [0.1, 0.15) is 0 Å². The first kappa shape index (κ1) is 18.0. The Morgan fingerprint density at radius 1 is 1.15 bits per heavy atom. The maximum absolute atomic E-state index is 11.9. The highest BCUT2D eigenvalue weighted by atomic mass is 16.5. The minimum absolute atomic E-state index is 0.00303. The van der Waals surface area contributed by atoms with E-state index in [1.54, 1.807) is 0 Å². The van der Waals surface area contributed by atoms with Crippen molar-refractivity contribution in [3.8, 4) is 0 Å². The number of amides is 1. The Kier molecular flexibility index (Phi) is 5.04. The van der Waals surface area contributed by atoms with E-state index in [0.717, 1.165) is 57.4 Å². The number of hydrogen-bond donors (Lipinski definition) is 0. The Bertz CT molecular complexity index is 647. The fourth-order valence-corrected chi connectivity index (χ4v) is 5.10. The number of rotatable bonds is 5. The van der Waals surface area contributed by atoms with Crippen molar-refractivity contribution < 1.29 is 14.3 Å². The van der Waals surface area contributed by atoms with Crippen LogP contribution in [0.25, 0.3) is 0 Å². The van der Waals surface area contributed by atoms with Crippen LogP contribution in [0.5, 0.6) is 0 Å². The van der Waals surface area contributed by atoms with Crippen molar-refractivity contribution in [1.29, 1.82) is 0 Å². The highest BCUT2D eigenvalue weighted by Gasteiger charge is 2.50. The summed E-state index contributed by atoms with van der Waals surface area (Å²) in [5, 5.41) is 0. The lowest BCUT2D eigenvalue weighted by atomic mass is 9.79. The first-order valence-corrected chi connectivity index (χ1v) is 9.86. The number of hydrogen-bond acceptors (Lipinski definition) is 4. The van der Waals surface area contributed by atoms with Crippen molar-refractivity contribution in [3.63, 3.8) is 0 Å². The van der Waals surface area contributed by atoms with Crippen LogP contribution in [0.4, 0.5) is 5.69 Å². The molecule has 2 saturated heterocycles. The molecule has 2 heterocycles. The summed E-state index contributed by atoms with van der Waals surface area (Å²) in [6.07, 6.45) is 6.31. The topological polar surface area (TPSA) is 42.0 Å². The Morgan fingerprint density at radius 2 is 1.96 bits per heavy atom. The van der Waals surface area contributed by atoms with Gasteiger partial charge in [-0.3, -0.25) is 9.69 Å². The summed E-state index contributed by atoms with van der Waals surface area (Å²) >= 11 is 0. The van der Waals surface area contributed by atoms with Gasteiger partial charge in [-0.1, -0.05) is 12.1 Å². The van der Waals surface area contributed by atoms with E-state index in [4.69, 9.17) is 9.47 Å². The molecule has 0 unspecified atom stereocenters. The predicted octanol–water partition coefficient (Wildman–Crippen LogP) is 2.97. The van der Waals surface area contributed by atoms with Crippen molar-refractivity contribution in [2.75, 3.05) is 32.2 Å². The van der Waals surface area contributed by atoms with E-state index in [1.165, 1.54) is 5.56 Å². The fourth-order valence-electron chi connectivity index (χ4n) is 5.10. The van der Waals surface area contributed by atoms with Crippen molar-refractivity contribution >= 4 is 11.6 Å². The molecule has 3 atom stereocenters. The number of benzene rings is 1. The average molecular weight is 358 g/mol. The summed E-state index contributed by atoms with van der Waals surface area (Å²) < 4.78 is 11.7. The molecule has 4 rings (SSSR count). The molecule has 1 aromatic carbocycles. The SMILES string of the molecule is CO[C@H]1CC[C@@]2(OC)CCN(Cc3ccc(N4CCCC4=O)cc3)[C@H]2C1. The Hall–Kier alpha value is -1.43. The van der Waals surface area contributed by atoms with Gasteiger partial charge in [-0.05, 0) is 49.8 Å². The van der Waals surface area contributed by atoms with Crippen molar-refractivity contribution in [2.24, 2.45) is 0 Å². The molecule has 5 nitrogen and oxygen atoms in total. The van der Waals surface area contributed by atoms with Gasteiger partial charge in [-0.15, -0.1) is 0 Å². The van der Waals surface area contributed by atoms with E-state index >= 15 is 0 Å². The van der Waals surface area contributed by atoms with Crippen LogP contribution in [0.15, 0.2) is 24.3 Å². The number of nitrogens with zero attached hydrogens (tertiary/aromatic N) is 2. The fraction of sp³-hybridized carbons (Fsp3) is 0.667. The van der Waals surface area contributed by atoms with Gasteiger partial charge in [-0.25, -0.2) is 0 Å². The molecule has 26 heavy (non-hydrogen) atoms. The lowest BCUT2D eigenvalue weighted by Gasteiger charge is -2.43. The minimum Gasteiger partial charge on any atom is -0.381 e. The molecule has 1 aromatic rings. The van der Waals surface area contributed by atoms with Crippen molar-refractivity contribution in [1.82, 2.24) is 4.90 Å². The number of anilines is 1. The highest BCUT2D eigenvalue weighted by molar-refractivity contribution is 5.95. The zero-order chi connectivity index (χ0) is 18.1. The van der Waals surface area contributed by atoms with Gasteiger partial charge in [0.25, 0.3) is 0 Å². The monoisotopic (exact) mass is 358 g/mol. The Balaban J connectivity index is 1.45. The maximum Gasteiger partial charge on any atom is 0.227 e. The van der Waals surface area contributed by atoms with E-state index in [1.807, 2.05) is 19.1 Å². The number of likely N-dealkylation sites (tertiary alicyclic amines) is 1. The third-order valence-corrected chi connectivity index (χ3v) is 6.69. The first-order valence-electron chi connectivity index (χ1n) is 9.86. The molecular formula is C21H30N2O3. The van der Waals surface area contributed by atoms with Crippen LogP contribution in [-0.4, -0.2) is 55.9 Å². The lowest BCUT2D eigenvalue weighted by Crippen LogP contribution is -2.51. The first-order chi connectivity index (χ1) is 12.6. The number of fused-ring (bicyclic) bond motifs is 1. The molecule has 0 spiro atoms. The number of carbonyl (C=O) groups is 1. The van der Waals surface area contributed by atoms with E-state index in [2.05, 4.69) is 29.2 Å². The smallest absolute Gasteiger partial charge is 0.227 e. The van der Waals surface area contributed by atoms with Crippen LogP contribution in [-0.2, 0) is 20.8 Å². The van der Waals surface area contributed by atoms with Crippen LogP contribution in [0.1, 0.15) is 44.1 Å². The third kappa shape index (κ3) is 3.17. The maximum atomic E-state index is 11.9. The quantitative estimate of drug-likeness (QED) is 0.812. The largest absolute Gasteiger partial charge is 0.381 e. The second-order valence-corrected chi connectivity index (χ2v) is 7.95. The molecule has 3 fully saturated rings. The highest BCUT2D eigenvalue weighted by Crippen LogP contribution is 2.43. The molecule has 0 radical (unpaired) electrons. The summed E-state index contributed by atoms with van der Waals surface area (Å²) in [5.74, 6) is 0.245. The Labute approximate surface area is 156 Å². The van der Waals surface area contributed by atoms with Crippen LogP contribution < -0.4 is 4.90 Å². The molecule has 1 amide bonds. The summed E-state index contributed by atoms with van der Waals surface area (Å²) in [4.78, 5) is 16.4. The summed E-state index contributed by atoms with van der Waals surface area (Å²) in [6, 6.07) is 8.95. The van der Waals surface area contributed by atoms with Crippen LogP contribution in [0.2, 0.25) is 0 Å². The summed E-state index contributed by atoms with van der Waals surface area (Å²) in [7, 11) is 3.69. The molecule has 2 aliphatic heterocycles. The van der Waals surface area contributed by atoms with Crippen LogP contribution in [0, 0.1) is 0 Å². The van der Waals surface area contributed by atoms with Crippen molar-refractivity contribution in [3.05, 3.63) is 29.8 Å². The molecule has 1 aliphatic carbocycles. The van der Waals surface area contributed by atoms with Gasteiger partial charge in [0.05, 0.1) is 11.7 Å². The van der Waals surface area contributed by atoms with Crippen LogP contribution >= 0.6 is 0 Å². The molecular weight excluding hydrogens is 328 g/mol. The summed E-state index contributed by atoms with van der Waals surface area (Å²) in [6.45, 7) is 2.85. The van der Waals surface area contributed by atoms with E-state index < -0.39 is 0 Å². The second-order valence-electron chi connectivity index (χ2n) is 7.95. The van der Waals surface area contributed by atoms with Gasteiger partial charge in [0.2, 0.25) is 5.91 Å². The van der Waals surface area contributed by atoms with Gasteiger partial charge in [0.15, 0.2) is 0 Å². The van der Waals surface area contributed by atoms with E-state index in [9.17, 15) is 4.79 Å². The second kappa shape index (κ2) is 7.29. The van der Waals surface area contributed by atoms with Crippen molar-refractivity contribution in [2.45, 2.75) is 62.8 Å². The number of ether oxygens (including phenoxy) is 2. The van der Waals surface area contributed by atoms with Crippen LogP contribution in [0.3, 0.4) is 0 Å². The summed E-state index contributed by atoms with van der Waals surface area (Å²) in [5.41, 5.74) is 2.32. The lowest BCUT2D eigenvalue weighted by molar-refractivity contribution is -0.117. The predicted molar refractivity (Wildman–Crippen MR) is 101 cm³/mol. The molecule has 3 aliphatic rings. The molecule has 0 N–H and O–H groups in total. The third-order valence-electron chi connectivity index (χ3n) is 6.69. The standard InChI is InChI=1S/C21H30N2O3/c1-25-18-9-10-21(26-2)11-13-22(19(21)14-18)15-16-5-7-17(8-6-16)23-12-3-4-20(23)24/h5-8,18-19H,3-4,9-15H2,1-2H3/t18-,19-,21+/m0/s1. The van der Waals surface area contributed by atoms with E-state index in [-0.39, 0.29) is 11.5 Å². The minimum atomic E-state index is -0.00303. The molecule has 5 heteroatoms. The van der Waals surface area contributed by atoms with Gasteiger partial charge < -0.3 is 14.4 Å². The molecule has 0 aromatic heterocycles. The molecule has 142 valence electrons. The molecule has 1 saturated carbocycles. The zero-order valence-electron chi connectivity index (χ0n) is 15.9. The van der Waals surface area contributed by atoms with E-state index in [0.29, 0.717) is 18.6 Å². The van der Waals surface area contributed by atoms with Gasteiger partial charge in [0, 0.05) is 52.0 Å². The number of carbonyl (C=O) groups excluding carboxylic acids is 1. The molecule has 0 bridgehead atoms. The normalized spacial score (nSPS) is 32.2. The number of methoxy groups -OCH3 is 2. The average Bonchev–Trinajstić information content (AvgIpc) is 3.26. The Morgan fingerprint density at radius 3 is 2.62 bits per heavy atom. The van der Waals surface area contributed by atoms with Gasteiger partial charge >= 0.3 is 0 Å². The van der Waals surface area contributed by atoms with Gasteiger partial charge in [-0.2, -0.15) is 0 Å².